The van der Waals surface area contributed by atoms with Crippen LogP contribution in [0.4, 0.5) is 0 Å². The SMILES string of the molecule is CC(CCN)C(=O)N1CCSCC1. The van der Waals surface area contributed by atoms with Gasteiger partial charge in [0, 0.05) is 30.5 Å². The number of hydrogen-bond donors (Lipinski definition) is 1. The van der Waals surface area contributed by atoms with E-state index in [2.05, 4.69) is 0 Å². The van der Waals surface area contributed by atoms with Crippen LogP contribution >= 0.6 is 11.8 Å². The number of amides is 1. The summed E-state index contributed by atoms with van der Waals surface area (Å²) in [6, 6.07) is 0. The van der Waals surface area contributed by atoms with E-state index in [4.69, 9.17) is 5.73 Å². The van der Waals surface area contributed by atoms with Crippen molar-refractivity contribution in [3.05, 3.63) is 0 Å². The highest BCUT2D eigenvalue weighted by Gasteiger charge is 2.21. The first-order valence-corrected chi connectivity index (χ1v) is 5.97. The fourth-order valence-electron chi connectivity index (χ4n) is 1.47. The van der Waals surface area contributed by atoms with E-state index in [0.717, 1.165) is 31.0 Å². The van der Waals surface area contributed by atoms with E-state index in [1.807, 2.05) is 23.6 Å². The summed E-state index contributed by atoms with van der Waals surface area (Å²) < 4.78 is 0. The number of carbonyl (C=O) groups is 1. The monoisotopic (exact) mass is 202 g/mol. The van der Waals surface area contributed by atoms with Gasteiger partial charge in [0.25, 0.3) is 0 Å². The van der Waals surface area contributed by atoms with Crippen LogP contribution in [-0.4, -0.2) is 41.9 Å². The zero-order valence-corrected chi connectivity index (χ0v) is 8.98. The molecule has 1 unspecified atom stereocenters. The molecule has 1 atom stereocenters. The second-order valence-corrected chi connectivity index (χ2v) is 4.64. The van der Waals surface area contributed by atoms with E-state index in [1.54, 1.807) is 0 Å². The van der Waals surface area contributed by atoms with E-state index < -0.39 is 0 Å². The molecule has 0 aliphatic carbocycles. The van der Waals surface area contributed by atoms with Gasteiger partial charge in [-0.2, -0.15) is 11.8 Å². The van der Waals surface area contributed by atoms with E-state index >= 15 is 0 Å². The van der Waals surface area contributed by atoms with Crippen LogP contribution < -0.4 is 5.73 Å². The molecule has 0 bridgehead atoms. The molecule has 1 heterocycles. The molecule has 1 amide bonds. The lowest BCUT2D eigenvalue weighted by Gasteiger charge is -2.28. The average molecular weight is 202 g/mol. The summed E-state index contributed by atoms with van der Waals surface area (Å²) >= 11 is 1.92. The Labute approximate surface area is 84.0 Å². The highest BCUT2D eigenvalue weighted by Crippen LogP contribution is 2.13. The molecule has 0 aromatic heterocycles. The summed E-state index contributed by atoms with van der Waals surface area (Å²) in [5.41, 5.74) is 5.42. The largest absolute Gasteiger partial charge is 0.341 e. The minimum atomic E-state index is 0.105. The fourth-order valence-corrected chi connectivity index (χ4v) is 2.37. The van der Waals surface area contributed by atoms with Crippen molar-refractivity contribution in [2.75, 3.05) is 31.1 Å². The third-order valence-electron chi connectivity index (χ3n) is 2.34. The number of nitrogens with zero attached hydrogens (tertiary/aromatic N) is 1. The normalized spacial score (nSPS) is 20.0. The maximum Gasteiger partial charge on any atom is 0.225 e. The molecule has 3 nitrogen and oxygen atoms in total. The molecule has 0 saturated carbocycles. The van der Waals surface area contributed by atoms with Gasteiger partial charge in [0.1, 0.15) is 0 Å². The Hall–Kier alpha value is -0.220. The molecule has 0 spiro atoms. The third kappa shape index (κ3) is 3.19. The predicted molar refractivity (Wildman–Crippen MR) is 56.7 cm³/mol. The first-order valence-electron chi connectivity index (χ1n) is 4.82. The smallest absolute Gasteiger partial charge is 0.225 e. The number of rotatable bonds is 3. The molecule has 1 aliphatic heterocycles. The van der Waals surface area contributed by atoms with Crippen molar-refractivity contribution in [2.45, 2.75) is 13.3 Å². The van der Waals surface area contributed by atoms with Gasteiger partial charge in [-0.15, -0.1) is 0 Å². The molecule has 0 aromatic carbocycles. The highest BCUT2D eigenvalue weighted by atomic mass is 32.2. The van der Waals surface area contributed by atoms with Gasteiger partial charge >= 0.3 is 0 Å². The molecular weight excluding hydrogens is 184 g/mol. The zero-order chi connectivity index (χ0) is 9.68. The maximum atomic E-state index is 11.7. The molecule has 4 heteroatoms. The summed E-state index contributed by atoms with van der Waals surface area (Å²) in [6.07, 6.45) is 0.808. The number of carbonyl (C=O) groups excluding carboxylic acids is 1. The van der Waals surface area contributed by atoms with Gasteiger partial charge in [-0.25, -0.2) is 0 Å². The van der Waals surface area contributed by atoms with E-state index in [-0.39, 0.29) is 11.8 Å². The minimum Gasteiger partial charge on any atom is -0.341 e. The molecule has 0 aromatic rings. The van der Waals surface area contributed by atoms with Crippen LogP contribution in [-0.2, 0) is 4.79 Å². The predicted octanol–water partition coefficient (Wildman–Crippen LogP) is 0.547. The summed E-state index contributed by atoms with van der Waals surface area (Å²) in [5.74, 6) is 2.56. The quantitative estimate of drug-likeness (QED) is 0.727. The summed E-state index contributed by atoms with van der Waals surface area (Å²) in [5, 5.41) is 0. The summed E-state index contributed by atoms with van der Waals surface area (Å²) in [6.45, 7) is 4.41. The van der Waals surface area contributed by atoms with Gasteiger partial charge in [-0.3, -0.25) is 4.79 Å². The molecular formula is C9H18N2OS. The lowest BCUT2D eigenvalue weighted by atomic mass is 10.1. The van der Waals surface area contributed by atoms with Gasteiger partial charge in [0.2, 0.25) is 5.91 Å². The van der Waals surface area contributed by atoms with Crippen molar-refractivity contribution in [2.24, 2.45) is 11.7 Å². The lowest BCUT2D eigenvalue weighted by molar-refractivity contribution is -0.134. The Kier molecular flexibility index (Phi) is 4.59. The molecule has 2 N–H and O–H groups in total. The first-order chi connectivity index (χ1) is 6.25. The van der Waals surface area contributed by atoms with Gasteiger partial charge < -0.3 is 10.6 Å². The summed E-state index contributed by atoms with van der Waals surface area (Å²) in [4.78, 5) is 13.7. The number of thioether (sulfide) groups is 1. The highest BCUT2D eigenvalue weighted by molar-refractivity contribution is 7.99. The van der Waals surface area contributed by atoms with Crippen LogP contribution in [0, 0.1) is 5.92 Å². The number of nitrogens with two attached hydrogens (primary N) is 1. The van der Waals surface area contributed by atoms with Crippen molar-refractivity contribution < 1.29 is 4.79 Å². The van der Waals surface area contributed by atoms with Crippen LogP contribution in [0.15, 0.2) is 0 Å². The van der Waals surface area contributed by atoms with Gasteiger partial charge in [0.05, 0.1) is 0 Å². The Balaban J connectivity index is 2.36. The van der Waals surface area contributed by atoms with Crippen molar-refractivity contribution in [1.29, 1.82) is 0 Å². The first kappa shape index (κ1) is 10.9. The van der Waals surface area contributed by atoms with Crippen molar-refractivity contribution in [1.82, 2.24) is 4.90 Å². The van der Waals surface area contributed by atoms with Gasteiger partial charge in [-0.1, -0.05) is 6.92 Å². The van der Waals surface area contributed by atoms with Crippen LogP contribution in [0.25, 0.3) is 0 Å². The second kappa shape index (κ2) is 5.50. The maximum absolute atomic E-state index is 11.7. The summed E-state index contributed by atoms with van der Waals surface area (Å²) in [7, 11) is 0. The van der Waals surface area contributed by atoms with Crippen LogP contribution in [0.1, 0.15) is 13.3 Å². The van der Waals surface area contributed by atoms with Crippen molar-refractivity contribution >= 4 is 17.7 Å². The number of hydrogen-bond acceptors (Lipinski definition) is 3. The molecule has 13 heavy (non-hydrogen) atoms. The Morgan fingerprint density at radius 3 is 2.69 bits per heavy atom. The molecule has 0 radical (unpaired) electrons. The zero-order valence-electron chi connectivity index (χ0n) is 8.16. The van der Waals surface area contributed by atoms with Crippen LogP contribution in [0.3, 0.4) is 0 Å². The topological polar surface area (TPSA) is 46.3 Å². The van der Waals surface area contributed by atoms with Gasteiger partial charge in [0.15, 0.2) is 0 Å². The fraction of sp³-hybridized carbons (Fsp3) is 0.889. The van der Waals surface area contributed by atoms with Gasteiger partial charge in [-0.05, 0) is 13.0 Å². The molecule has 1 aliphatic rings. The molecule has 1 fully saturated rings. The minimum absolute atomic E-state index is 0.105. The standard InChI is InChI=1S/C9H18N2OS/c1-8(2-3-10)9(12)11-4-6-13-7-5-11/h8H,2-7,10H2,1H3. The Morgan fingerprint density at radius 2 is 2.15 bits per heavy atom. The van der Waals surface area contributed by atoms with E-state index in [1.165, 1.54) is 0 Å². The lowest BCUT2D eigenvalue weighted by Crippen LogP contribution is -2.41. The molecule has 76 valence electrons. The molecule has 1 saturated heterocycles. The van der Waals surface area contributed by atoms with Crippen LogP contribution in [0.2, 0.25) is 0 Å². The van der Waals surface area contributed by atoms with Crippen molar-refractivity contribution in [3.63, 3.8) is 0 Å². The van der Waals surface area contributed by atoms with Crippen molar-refractivity contribution in [3.8, 4) is 0 Å². The van der Waals surface area contributed by atoms with Crippen LogP contribution in [0.5, 0.6) is 0 Å². The van der Waals surface area contributed by atoms with E-state index in [0.29, 0.717) is 6.54 Å². The molecule has 1 rings (SSSR count). The Morgan fingerprint density at radius 1 is 1.54 bits per heavy atom. The second-order valence-electron chi connectivity index (χ2n) is 3.42. The van der Waals surface area contributed by atoms with E-state index in [9.17, 15) is 4.79 Å². The third-order valence-corrected chi connectivity index (χ3v) is 3.29. The Bertz CT molecular complexity index is 169. The average Bonchev–Trinajstić information content (AvgIpc) is 2.18.